The minimum Gasteiger partial charge on any atom is -0.481 e. The summed E-state index contributed by atoms with van der Waals surface area (Å²) >= 11 is 0. The topological polar surface area (TPSA) is 53.4 Å². The molecule has 1 aliphatic rings. The average Bonchev–Trinajstić information content (AvgIpc) is 2.64. The van der Waals surface area contributed by atoms with E-state index in [1.54, 1.807) is 0 Å². The van der Waals surface area contributed by atoms with Gasteiger partial charge in [-0.15, -0.1) is 0 Å². The van der Waals surface area contributed by atoms with Crippen LogP contribution < -0.4 is 0 Å². The van der Waals surface area contributed by atoms with E-state index in [1.165, 1.54) is 11.1 Å². The molecule has 2 heterocycles. The number of carboxylic acid groups (broad SMARTS) is 1. The monoisotopic (exact) mass is 338 g/mol. The molecule has 0 bridgehead atoms. The first-order chi connectivity index (χ1) is 12.1. The number of rotatable bonds is 6. The van der Waals surface area contributed by atoms with Crippen LogP contribution in [0.2, 0.25) is 0 Å². The van der Waals surface area contributed by atoms with Crippen LogP contribution >= 0.6 is 0 Å². The molecule has 0 spiro atoms. The molecule has 0 unspecified atom stereocenters. The molecule has 1 saturated heterocycles. The van der Waals surface area contributed by atoms with Gasteiger partial charge >= 0.3 is 5.97 Å². The summed E-state index contributed by atoms with van der Waals surface area (Å²) in [5, 5.41) is 9.91. The second-order valence-corrected chi connectivity index (χ2v) is 7.16. The molecule has 1 aromatic carbocycles. The van der Waals surface area contributed by atoms with Crippen molar-refractivity contribution in [3.63, 3.8) is 0 Å². The molecule has 0 amide bonds. The minimum absolute atomic E-state index is 0.620. The summed E-state index contributed by atoms with van der Waals surface area (Å²) in [6, 6.07) is 14.3. The van der Waals surface area contributed by atoms with Gasteiger partial charge in [0.15, 0.2) is 0 Å². The summed E-state index contributed by atoms with van der Waals surface area (Å²) in [5.41, 5.74) is 2.86. The molecule has 4 heteroatoms. The third-order valence-corrected chi connectivity index (χ3v) is 5.42. The molecule has 0 aliphatic carbocycles. The molecule has 132 valence electrons. The second-order valence-electron chi connectivity index (χ2n) is 7.16. The number of aliphatic carboxylic acids is 1. The van der Waals surface area contributed by atoms with Gasteiger partial charge in [0.05, 0.1) is 5.41 Å². The maximum absolute atomic E-state index is 12.0. The van der Waals surface area contributed by atoms with Crippen LogP contribution in [0.4, 0.5) is 0 Å². The highest BCUT2D eigenvalue weighted by molar-refractivity contribution is 5.75. The number of carbonyl (C=O) groups is 1. The quantitative estimate of drug-likeness (QED) is 0.879. The van der Waals surface area contributed by atoms with Crippen LogP contribution in [-0.4, -0.2) is 41.1 Å². The van der Waals surface area contributed by atoms with Crippen LogP contribution in [0.25, 0.3) is 0 Å². The summed E-state index contributed by atoms with van der Waals surface area (Å²) in [6.45, 7) is 1.70. The number of hydrogen-bond donors (Lipinski definition) is 1. The molecule has 3 rings (SSSR count). The van der Waals surface area contributed by atoms with Crippen LogP contribution in [0.5, 0.6) is 0 Å². The molecule has 2 aromatic rings. The van der Waals surface area contributed by atoms with Crippen LogP contribution in [0.1, 0.15) is 29.7 Å². The van der Waals surface area contributed by atoms with Gasteiger partial charge in [-0.25, -0.2) is 0 Å². The van der Waals surface area contributed by atoms with E-state index in [2.05, 4.69) is 29.1 Å². The fourth-order valence-electron chi connectivity index (χ4n) is 3.66. The first-order valence-electron chi connectivity index (χ1n) is 8.98. The Balaban J connectivity index is 1.76. The van der Waals surface area contributed by atoms with Crippen molar-refractivity contribution in [2.45, 2.75) is 32.1 Å². The van der Waals surface area contributed by atoms with E-state index in [0.29, 0.717) is 19.3 Å². The van der Waals surface area contributed by atoms with E-state index in [1.807, 2.05) is 36.5 Å². The molecule has 1 aliphatic heterocycles. The number of hydrogen-bond acceptors (Lipinski definition) is 3. The predicted octanol–water partition coefficient (Wildman–Crippen LogP) is 3.21. The third-order valence-electron chi connectivity index (χ3n) is 5.42. The highest BCUT2D eigenvalue weighted by atomic mass is 16.4. The fraction of sp³-hybridized carbons (Fsp3) is 0.429. The van der Waals surface area contributed by atoms with Crippen molar-refractivity contribution in [3.8, 4) is 0 Å². The Morgan fingerprint density at radius 2 is 1.76 bits per heavy atom. The summed E-state index contributed by atoms with van der Waals surface area (Å²) in [7, 11) is 2.06. The van der Waals surface area contributed by atoms with E-state index in [0.717, 1.165) is 31.6 Å². The second kappa shape index (κ2) is 7.79. The standard InChI is InChI=1S/C21H26N2O2/c1-23-14-11-21(12-15-23,20(24)25)16-18-7-3-2-6-17(18)9-10-19-8-4-5-13-22-19/h2-8,13H,9-12,14-16H2,1H3,(H,24,25). The van der Waals surface area contributed by atoms with Crippen molar-refractivity contribution >= 4 is 5.97 Å². The summed E-state index contributed by atoms with van der Waals surface area (Å²) < 4.78 is 0. The lowest BCUT2D eigenvalue weighted by molar-refractivity contribution is -0.151. The van der Waals surface area contributed by atoms with Gasteiger partial charge < -0.3 is 10.0 Å². The van der Waals surface area contributed by atoms with Gasteiger partial charge in [0.2, 0.25) is 0 Å². The summed E-state index contributed by atoms with van der Waals surface area (Å²) in [6.07, 6.45) is 5.64. The molecule has 0 saturated carbocycles. The number of likely N-dealkylation sites (tertiary alicyclic amines) is 1. The van der Waals surface area contributed by atoms with Crippen LogP contribution in [-0.2, 0) is 24.1 Å². The third kappa shape index (κ3) is 4.26. The van der Waals surface area contributed by atoms with E-state index >= 15 is 0 Å². The van der Waals surface area contributed by atoms with Gasteiger partial charge in [0, 0.05) is 11.9 Å². The van der Waals surface area contributed by atoms with Crippen LogP contribution in [0.15, 0.2) is 48.7 Å². The number of pyridine rings is 1. The first kappa shape index (κ1) is 17.6. The lowest BCUT2D eigenvalue weighted by atomic mass is 9.73. The van der Waals surface area contributed by atoms with E-state index in [-0.39, 0.29) is 0 Å². The number of piperidine rings is 1. The minimum atomic E-state index is -0.653. The Labute approximate surface area is 149 Å². The first-order valence-corrected chi connectivity index (χ1v) is 8.98. The number of carboxylic acids is 1. The van der Waals surface area contributed by atoms with Crippen molar-refractivity contribution in [2.24, 2.45) is 5.41 Å². The lowest BCUT2D eigenvalue weighted by Crippen LogP contribution is -2.44. The van der Waals surface area contributed by atoms with E-state index in [9.17, 15) is 9.90 Å². The van der Waals surface area contributed by atoms with Crippen LogP contribution in [0.3, 0.4) is 0 Å². The molecule has 1 fully saturated rings. The molecule has 4 nitrogen and oxygen atoms in total. The van der Waals surface area contributed by atoms with Gasteiger partial charge in [-0.05, 0) is 75.5 Å². The molecule has 25 heavy (non-hydrogen) atoms. The normalized spacial score (nSPS) is 17.3. The van der Waals surface area contributed by atoms with Crippen molar-refractivity contribution < 1.29 is 9.90 Å². The lowest BCUT2D eigenvalue weighted by Gasteiger charge is -2.37. The van der Waals surface area contributed by atoms with Gasteiger partial charge in [0.1, 0.15) is 0 Å². The number of nitrogens with zero attached hydrogens (tertiary/aromatic N) is 2. The van der Waals surface area contributed by atoms with Crippen molar-refractivity contribution in [1.82, 2.24) is 9.88 Å². The Kier molecular flexibility index (Phi) is 5.49. The smallest absolute Gasteiger partial charge is 0.310 e. The van der Waals surface area contributed by atoms with Crippen LogP contribution in [0, 0.1) is 5.41 Å². The Morgan fingerprint density at radius 3 is 2.40 bits per heavy atom. The largest absolute Gasteiger partial charge is 0.481 e. The highest BCUT2D eigenvalue weighted by Gasteiger charge is 2.41. The van der Waals surface area contributed by atoms with Gasteiger partial charge in [-0.1, -0.05) is 30.3 Å². The molecular weight excluding hydrogens is 312 g/mol. The fourth-order valence-corrected chi connectivity index (χ4v) is 3.66. The zero-order valence-corrected chi connectivity index (χ0v) is 14.8. The Bertz CT molecular complexity index is 707. The zero-order chi connectivity index (χ0) is 17.7. The van der Waals surface area contributed by atoms with E-state index in [4.69, 9.17) is 0 Å². The van der Waals surface area contributed by atoms with E-state index < -0.39 is 11.4 Å². The van der Waals surface area contributed by atoms with Gasteiger partial charge in [0.25, 0.3) is 0 Å². The maximum Gasteiger partial charge on any atom is 0.310 e. The molecule has 1 N–H and O–H groups in total. The van der Waals surface area contributed by atoms with Crippen molar-refractivity contribution in [3.05, 3.63) is 65.5 Å². The molecular formula is C21H26N2O2. The number of aryl methyl sites for hydroxylation is 2. The molecule has 0 radical (unpaired) electrons. The van der Waals surface area contributed by atoms with Crippen molar-refractivity contribution in [1.29, 1.82) is 0 Å². The summed E-state index contributed by atoms with van der Waals surface area (Å²) in [5.74, 6) is -0.653. The average molecular weight is 338 g/mol. The molecule has 0 atom stereocenters. The maximum atomic E-state index is 12.0. The van der Waals surface area contributed by atoms with Crippen molar-refractivity contribution in [2.75, 3.05) is 20.1 Å². The van der Waals surface area contributed by atoms with Gasteiger partial charge in [-0.2, -0.15) is 0 Å². The summed E-state index contributed by atoms with van der Waals surface area (Å²) in [4.78, 5) is 18.7. The highest BCUT2D eigenvalue weighted by Crippen LogP contribution is 2.36. The SMILES string of the molecule is CN1CCC(Cc2ccccc2CCc2ccccn2)(C(=O)O)CC1. The zero-order valence-electron chi connectivity index (χ0n) is 14.8. The predicted molar refractivity (Wildman–Crippen MR) is 98.6 cm³/mol. The molecule has 1 aromatic heterocycles. The number of benzene rings is 1. The Morgan fingerprint density at radius 1 is 1.08 bits per heavy atom. The Hall–Kier alpha value is -2.20. The van der Waals surface area contributed by atoms with Gasteiger partial charge in [-0.3, -0.25) is 9.78 Å². The number of aromatic nitrogens is 1.